The minimum Gasteiger partial charge on any atom is -0.311 e. The van der Waals surface area contributed by atoms with Crippen LogP contribution in [0.5, 0.6) is 0 Å². The molecule has 0 saturated heterocycles. The van der Waals surface area contributed by atoms with Crippen molar-refractivity contribution in [3.05, 3.63) is 180 Å². The average Bonchev–Trinajstić information content (AvgIpc) is 3.68. The van der Waals surface area contributed by atoms with Crippen molar-refractivity contribution >= 4 is 68.0 Å². The first-order valence-electron chi connectivity index (χ1n) is 17.4. The van der Waals surface area contributed by atoms with Crippen molar-refractivity contribution in [1.82, 2.24) is 4.57 Å². The smallest absolute Gasteiger partial charge is 0.248 e. The molecule has 1 unspecified atom stereocenters. The van der Waals surface area contributed by atoms with Gasteiger partial charge in [0.25, 0.3) is 0 Å². The fourth-order valence-electron chi connectivity index (χ4n) is 9.73. The summed E-state index contributed by atoms with van der Waals surface area (Å²) in [6, 6.07) is 45.7. The molecule has 2 aliphatic heterocycles. The highest BCUT2D eigenvalue weighted by molar-refractivity contribution is 7.01. The highest BCUT2D eigenvalue weighted by Gasteiger charge is 2.43. The van der Waals surface area contributed by atoms with Gasteiger partial charge in [-0.2, -0.15) is 0 Å². The van der Waals surface area contributed by atoms with E-state index in [0.717, 1.165) is 6.42 Å². The number of fused-ring (bicyclic) bond motifs is 8. The van der Waals surface area contributed by atoms with Crippen LogP contribution in [0.2, 0.25) is 0 Å². The number of rotatable bonds is 2. The predicted molar refractivity (Wildman–Crippen MR) is 206 cm³/mol. The van der Waals surface area contributed by atoms with E-state index in [0.29, 0.717) is 5.92 Å². The maximum Gasteiger partial charge on any atom is 0.248 e. The fourth-order valence-corrected chi connectivity index (χ4v) is 9.73. The minimum absolute atomic E-state index is 0.171. The Balaban J connectivity index is 1.13. The Kier molecular flexibility index (Phi) is 4.93. The summed E-state index contributed by atoms with van der Waals surface area (Å²) in [6.45, 7) is 0.171. The molecule has 1 aromatic heterocycles. The Morgan fingerprint density at radius 1 is 0.592 bits per heavy atom. The zero-order valence-corrected chi connectivity index (χ0v) is 26.8. The lowest BCUT2D eigenvalue weighted by Gasteiger charge is -2.38. The molecular weight excluding hydrogens is 591 g/mol. The van der Waals surface area contributed by atoms with Gasteiger partial charge in [-0.3, -0.25) is 0 Å². The molecule has 6 aromatic carbocycles. The van der Waals surface area contributed by atoms with Crippen molar-refractivity contribution in [2.24, 2.45) is 0 Å². The maximum atomic E-state index is 2.56. The summed E-state index contributed by atoms with van der Waals surface area (Å²) in [4.78, 5) is 2.56. The van der Waals surface area contributed by atoms with Gasteiger partial charge in [-0.15, -0.1) is 0 Å². The molecule has 0 radical (unpaired) electrons. The molecule has 7 aromatic rings. The summed E-state index contributed by atoms with van der Waals surface area (Å²) in [5.74, 6) is 0.352. The van der Waals surface area contributed by atoms with E-state index in [1.807, 2.05) is 0 Å². The highest BCUT2D eigenvalue weighted by Crippen LogP contribution is 2.49. The van der Waals surface area contributed by atoms with Crippen molar-refractivity contribution in [3.63, 3.8) is 0 Å². The summed E-state index contributed by atoms with van der Waals surface area (Å²) >= 11 is 0. The van der Waals surface area contributed by atoms with Crippen molar-refractivity contribution in [2.75, 3.05) is 4.90 Å². The Hall–Kier alpha value is -6.06. The van der Waals surface area contributed by atoms with E-state index < -0.39 is 0 Å². The molecule has 3 heterocycles. The van der Waals surface area contributed by atoms with Gasteiger partial charge in [-0.1, -0.05) is 115 Å². The van der Waals surface area contributed by atoms with Gasteiger partial charge in [0.2, 0.25) is 6.71 Å². The third-order valence-corrected chi connectivity index (χ3v) is 11.7. The van der Waals surface area contributed by atoms with Gasteiger partial charge in [0.15, 0.2) is 0 Å². The summed E-state index contributed by atoms with van der Waals surface area (Å²) < 4.78 is 2.46. The second-order valence-corrected chi connectivity index (χ2v) is 14.0. The van der Waals surface area contributed by atoms with Crippen LogP contribution in [-0.2, 0) is 6.42 Å². The van der Waals surface area contributed by atoms with E-state index in [9.17, 15) is 0 Å². The van der Waals surface area contributed by atoms with Crippen LogP contribution < -0.4 is 21.3 Å². The average molecular weight is 621 g/mol. The summed E-state index contributed by atoms with van der Waals surface area (Å²) in [5, 5.41) is 2.58. The number of hydrogen-bond donors (Lipinski definition) is 0. The van der Waals surface area contributed by atoms with Gasteiger partial charge in [0.1, 0.15) is 0 Å². The van der Waals surface area contributed by atoms with E-state index in [2.05, 4.69) is 167 Å². The van der Waals surface area contributed by atoms with Crippen LogP contribution in [0.15, 0.2) is 163 Å². The number of benzene rings is 6. The minimum atomic E-state index is 0.171. The summed E-state index contributed by atoms with van der Waals surface area (Å²) in [6.07, 6.45) is 14.9. The maximum absolute atomic E-state index is 2.56. The largest absolute Gasteiger partial charge is 0.311 e. The highest BCUT2D eigenvalue weighted by atomic mass is 15.2. The number of hydrogen-bond acceptors (Lipinski definition) is 1. The predicted octanol–water partition coefficient (Wildman–Crippen LogP) is 9.15. The van der Waals surface area contributed by atoms with E-state index in [-0.39, 0.29) is 6.71 Å². The van der Waals surface area contributed by atoms with Crippen LogP contribution in [0.4, 0.5) is 17.1 Å². The van der Waals surface area contributed by atoms with Crippen molar-refractivity contribution < 1.29 is 0 Å². The molecule has 2 nitrogen and oxygen atoms in total. The van der Waals surface area contributed by atoms with Crippen LogP contribution in [0.25, 0.3) is 44.7 Å². The van der Waals surface area contributed by atoms with E-state index in [1.165, 1.54) is 99.9 Å². The van der Waals surface area contributed by atoms with Gasteiger partial charge in [-0.05, 0) is 105 Å². The molecular formula is C46H29BN2. The molecule has 12 rings (SSSR count). The van der Waals surface area contributed by atoms with Gasteiger partial charge in [0.05, 0.1) is 11.0 Å². The number of nitrogens with zero attached hydrogens (tertiary/aromatic N) is 2. The van der Waals surface area contributed by atoms with Crippen LogP contribution >= 0.6 is 0 Å². The zero-order chi connectivity index (χ0) is 31.8. The first-order valence-corrected chi connectivity index (χ1v) is 17.4. The normalized spacial score (nSPS) is 17.1. The third kappa shape index (κ3) is 3.32. The van der Waals surface area contributed by atoms with Crippen LogP contribution in [0.1, 0.15) is 22.6 Å². The van der Waals surface area contributed by atoms with Crippen LogP contribution in [0.3, 0.4) is 0 Å². The Morgan fingerprint density at radius 2 is 1.39 bits per heavy atom. The monoisotopic (exact) mass is 620 g/mol. The lowest BCUT2D eigenvalue weighted by molar-refractivity contribution is 0.892. The zero-order valence-electron chi connectivity index (χ0n) is 26.8. The topological polar surface area (TPSA) is 8.17 Å². The van der Waals surface area contributed by atoms with Crippen molar-refractivity contribution in [2.45, 2.75) is 12.3 Å². The van der Waals surface area contributed by atoms with Crippen LogP contribution in [0, 0.1) is 0 Å². The lowest BCUT2D eigenvalue weighted by atomic mass is 9.37. The Morgan fingerprint density at radius 3 is 2.27 bits per heavy atom. The number of aromatic nitrogens is 1. The van der Waals surface area contributed by atoms with Gasteiger partial charge in [-0.25, -0.2) is 0 Å². The molecule has 0 fully saturated rings. The van der Waals surface area contributed by atoms with E-state index in [1.54, 1.807) is 0 Å². The first-order chi connectivity index (χ1) is 24.3. The molecule has 0 saturated carbocycles. The summed E-state index contributed by atoms with van der Waals surface area (Å²) in [5.41, 5.74) is 21.5. The standard InChI is InChI=1S/C46H29BN2/c1-4-15-38-34(11-1)37-14-8-18-43-46(37)47(38)39-27-32(48-40-16-5-2-12-35(40)36-13-3-6-17-41(36)48)23-24-42(39)49(43)33-25-30-21-19-28-9-7-10-29-20-22-31(26-33)45(30)44(28)29/h1-21,23-27,44H,22H2. The Bertz CT molecular complexity index is 2720. The molecule has 3 heteroatoms. The molecule has 49 heavy (non-hydrogen) atoms. The first kappa shape index (κ1) is 26.0. The van der Waals surface area contributed by atoms with E-state index >= 15 is 0 Å². The SMILES string of the molecule is C1=CC2=CCc3cc(N4c5ccc(-n6c7ccccc7c7ccccc76)cc5B5c6ccccc6-c6cccc4c65)cc4c3C2C(=C1)C=C4. The molecule has 3 aliphatic carbocycles. The second-order valence-electron chi connectivity index (χ2n) is 14.0. The number of para-hydroxylation sites is 2. The fraction of sp³-hybridized carbons (Fsp3) is 0.0435. The van der Waals surface area contributed by atoms with Crippen molar-refractivity contribution in [1.29, 1.82) is 0 Å². The van der Waals surface area contributed by atoms with E-state index in [4.69, 9.17) is 0 Å². The molecule has 0 amide bonds. The Labute approximate surface area is 285 Å². The third-order valence-electron chi connectivity index (χ3n) is 11.7. The molecule has 0 N–H and O–H groups in total. The molecule has 0 bridgehead atoms. The lowest BCUT2D eigenvalue weighted by Crippen LogP contribution is -2.54. The molecule has 226 valence electrons. The number of anilines is 3. The van der Waals surface area contributed by atoms with Gasteiger partial charge < -0.3 is 9.47 Å². The second kappa shape index (κ2) is 9.30. The number of allylic oxidation sites excluding steroid dienone is 7. The quantitative estimate of drug-likeness (QED) is 0.175. The van der Waals surface area contributed by atoms with Gasteiger partial charge >= 0.3 is 0 Å². The summed E-state index contributed by atoms with van der Waals surface area (Å²) in [7, 11) is 0. The van der Waals surface area contributed by atoms with Gasteiger partial charge in [0, 0.05) is 39.4 Å². The molecule has 0 spiro atoms. The molecule has 1 atom stereocenters. The van der Waals surface area contributed by atoms with Crippen LogP contribution in [-0.4, -0.2) is 11.3 Å². The molecule has 5 aliphatic rings. The van der Waals surface area contributed by atoms with Crippen molar-refractivity contribution in [3.8, 4) is 16.8 Å².